The maximum atomic E-state index is 11.8. The van der Waals surface area contributed by atoms with Crippen molar-refractivity contribution in [3.8, 4) is 5.75 Å². The van der Waals surface area contributed by atoms with Gasteiger partial charge in [0.2, 0.25) is 0 Å². The molecule has 2 aromatic rings. The number of hydrogen-bond acceptors (Lipinski definition) is 2. The Morgan fingerprint density at radius 2 is 1.90 bits per heavy atom. The number of hydrogen-bond donors (Lipinski definition) is 0. The molecule has 1 atom stereocenters. The van der Waals surface area contributed by atoms with Crippen molar-refractivity contribution in [2.75, 3.05) is 0 Å². The van der Waals surface area contributed by atoms with E-state index in [4.69, 9.17) is 16.3 Å². The molecule has 0 aliphatic heterocycles. The molecule has 0 N–H and O–H groups in total. The molecule has 2 rings (SSSR count). The fourth-order valence-electron chi connectivity index (χ4n) is 1.93. The minimum atomic E-state index is -0.509. The minimum Gasteiger partial charge on any atom is -0.489 e. The van der Waals surface area contributed by atoms with E-state index in [-0.39, 0.29) is 5.78 Å². The zero-order chi connectivity index (χ0) is 14.5. The average Bonchev–Trinajstić information content (AvgIpc) is 2.46. The van der Waals surface area contributed by atoms with Crippen molar-refractivity contribution in [2.45, 2.75) is 25.8 Å². The predicted octanol–water partition coefficient (Wildman–Crippen LogP) is 4.38. The molecule has 0 heterocycles. The Bertz CT molecular complexity index is 591. The fraction of sp³-hybridized carbons (Fsp3) is 0.235. The molecule has 0 bridgehead atoms. The van der Waals surface area contributed by atoms with Gasteiger partial charge in [-0.3, -0.25) is 4.79 Å². The number of benzene rings is 2. The first-order valence-corrected chi connectivity index (χ1v) is 6.97. The lowest BCUT2D eigenvalue weighted by Gasteiger charge is -2.11. The Kier molecular flexibility index (Phi) is 4.80. The molecule has 0 radical (unpaired) electrons. The van der Waals surface area contributed by atoms with Gasteiger partial charge in [-0.2, -0.15) is 0 Å². The summed E-state index contributed by atoms with van der Waals surface area (Å²) in [5.74, 6) is 0.719. The second kappa shape index (κ2) is 6.58. The number of carbonyl (C=O) groups excluding carboxylic acids is 1. The van der Waals surface area contributed by atoms with E-state index < -0.39 is 5.38 Å². The third kappa shape index (κ3) is 3.61. The molecule has 0 aromatic heterocycles. The lowest BCUT2D eigenvalue weighted by atomic mass is 10.1. The molecule has 20 heavy (non-hydrogen) atoms. The largest absolute Gasteiger partial charge is 0.489 e. The number of carbonyl (C=O) groups is 1. The van der Waals surface area contributed by atoms with Crippen LogP contribution in [0.5, 0.6) is 5.75 Å². The van der Waals surface area contributed by atoms with Gasteiger partial charge >= 0.3 is 0 Å². The van der Waals surface area contributed by atoms with Crippen LogP contribution in [0.4, 0.5) is 0 Å². The number of ether oxygens (including phenoxy) is 1. The maximum absolute atomic E-state index is 11.8. The zero-order valence-electron chi connectivity index (χ0n) is 11.6. The number of Topliss-reactive ketones (excluding diaryl/α,β-unsaturated/α-hetero) is 1. The molecule has 0 saturated heterocycles. The van der Waals surface area contributed by atoms with E-state index in [1.54, 1.807) is 13.0 Å². The summed E-state index contributed by atoms with van der Waals surface area (Å²) in [6.45, 7) is 4.12. The van der Waals surface area contributed by atoms with Crippen LogP contribution in [0.15, 0.2) is 48.5 Å². The molecule has 0 spiro atoms. The predicted molar refractivity (Wildman–Crippen MR) is 81.6 cm³/mol. The molecule has 2 nitrogen and oxygen atoms in total. The molecular formula is C17H17ClO2. The summed E-state index contributed by atoms with van der Waals surface area (Å²) in [7, 11) is 0. The van der Waals surface area contributed by atoms with Crippen molar-refractivity contribution in [3.63, 3.8) is 0 Å². The van der Waals surface area contributed by atoms with Crippen LogP contribution in [0.1, 0.15) is 28.4 Å². The highest BCUT2D eigenvalue weighted by Gasteiger charge is 2.13. The standard InChI is InChI=1S/C17H17ClO2/c1-12-10-15(17(19)13(2)18)8-9-16(12)20-11-14-6-4-3-5-7-14/h3-10,13H,11H2,1-2H3. The van der Waals surface area contributed by atoms with Gasteiger partial charge < -0.3 is 4.74 Å². The van der Waals surface area contributed by atoms with Gasteiger partial charge in [0.25, 0.3) is 0 Å². The molecule has 0 amide bonds. The van der Waals surface area contributed by atoms with E-state index in [0.717, 1.165) is 16.9 Å². The van der Waals surface area contributed by atoms with Crippen molar-refractivity contribution >= 4 is 17.4 Å². The topological polar surface area (TPSA) is 26.3 Å². The Hall–Kier alpha value is -1.80. The van der Waals surface area contributed by atoms with Gasteiger partial charge in [0.1, 0.15) is 12.4 Å². The Morgan fingerprint density at radius 3 is 2.50 bits per heavy atom. The quantitative estimate of drug-likeness (QED) is 0.603. The third-order valence-electron chi connectivity index (χ3n) is 3.06. The number of rotatable bonds is 5. The lowest BCUT2D eigenvalue weighted by molar-refractivity contribution is 0.0991. The van der Waals surface area contributed by atoms with Crippen molar-refractivity contribution in [1.29, 1.82) is 0 Å². The Morgan fingerprint density at radius 1 is 1.20 bits per heavy atom. The molecule has 0 fully saturated rings. The molecule has 0 aliphatic rings. The van der Waals surface area contributed by atoms with E-state index in [1.165, 1.54) is 0 Å². The van der Waals surface area contributed by atoms with E-state index >= 15 is 0 Å². The van der Waals surface area contributed by atoms with Crippen LogP contribution >= 0.6 is 11.6 Å². The molecule has 0 saturated carbocycles. The van der Waals surface area contributed by atoms with E-state index in [2.05, 4.69) is 0 Å². The highest BCUT2D eigenvalue weighted by Crippen LogP contribution is 2.21. The summed E-state index contributed by atoms with van der Waals surface area (Å²) in [4.78, 5) is 11.8. The molecular weight excluding hydrogens is 272 g/mol. The summed E-state index contributed by atoms with van der Waals surface area (Å²) >= 11 is 5.82. The summed E-state index contributed by atoms with van der Waals surface area (Å²) in [5, 5.41) is -0.509. The van der Waals surface area contributed by atoms with Crippen molar-refractivity contribution in [2.24, 2.45) is 0 Å². The number of aryl methyl sites for hydroxylation is 1. The minimum absolute atomic E-state index is 0.0654. The first kappa shape index (κ1) is 14.6. The number of halogens is 1. The summed E-state index contributed by atoms with van der Waals surface area (Å²) in [6, 6.07) is 15.4. The van der Waals surface area contributed by atoms with Gasteiger partial charge in [-0.05, 0) is 43.2 Å². The molecule has 1 unspecified atom stereocenters. The second-order valence-corrected chi connectivity index (χ2v) is 5.39. The lowest BCUT2D eigenvalue weighted by Crippen LogP contribution is -2.10. The van der Waals surface area contributed by atoms with Crippen LogP contribution in [0.2, 0.25) is 0 Å². The van der Waals surface area contributed by atoms with Crippen LogP contribution in [0.3, 0.4) is 0 Å². The first-order valence-electron chi connectivity index (χ1n) is 6.53. The fourth-order valence-corrected chi connectivity index (χ4v) is 2.06. The number of alkyl halides is 1. The normalized spacial score (nSPS) is 11.9. The Balaban J connectivity index is 2.08. The van der Waals surface area contributed by atoms with Crippen LogP contribution in [0.25, 0.3) is 0 Å². The molecule has 3 heteroatoms. The summed E-state index contributed by atoms with van der Waals surface area (Å²) in [6.07, 6.45) is 0. The zero-order valence-corrected chi connectivity index (χ0v) is 12.4. The average molecular weight is 289 g/mol. The highest BCUT2D eigenvalue weighted by atomic mass is 35.5. The smallest absolute Gasteiger partial charge is 0.180 e. The second-order valence-electron chi connectivity index (χ2n) is 4.73. The van der Waals surface area contributed by atoms with Crippen molar-refractivity contribution in [1.82, 2.24) is 0 Å². The van der Waals surface area contributed by atoms with Crippen LogP contribution in [-0.2, 0) is 6.61 Å². The summed E-state index contributed by atoms with van der Waals surface area (Å²) in [5.41, 5.74) is 2.67. The molecule has 0 aliphatic carbocycles. The van der Waals surface area contributed by atoms with E-state index in [0.29, 0.717) is 12.2 Å². The first-order chi connectivity index (χ1) is 9.58. The third-order valence-corrected chi connectivity index (χ3v) is 3.26. The van der Waals surface area contributed by atoms with Gasteiger partial charge in [0.05, 0.1) is 5.38 Å². The van der Waals surface area contributed by atoms with Gasteiger partial charge in [0, 0.05) is 5.56 Å². The van der Waals surface area contributed by atoms with Crippen LogP contribution in [-0.4, -0.2) is 11.2 Å². The summed E-state index contributed by atoms with van der Waals surface area (Å²) < 4.78 is 5.77. The monoisotopic (exact) mass is 288 g/mol. The number of ketones is 1. The molecule has 2 aromatic carbocycles. The van der Waals surface area contributed by atoms with Gasteiger partial charge in [-0.25, -0.2) is 0 Å². The van der Waals surface area contributed by atoms with E-state index in [1.807, 2.05) is 49.4 Å². The SMILES string of the molecule is Cc1cc(C(=O)C(C)Cl)ccc1OCc1ccccc1. The van der Waals surface area contributed by atoms with E-state index in [9.17, 15) is 4.79 Å². The van der Waals surface area contributed by atoms with Crippen molar-refractivity contribution < 1.29 is 9.53 Å². The van der Waals surface area contributed by atoms with Gasteiger partial charge in [0.15, 0.2) is 5.78 Å². The Labute approximate surface area is 124 Å². The highest BCUT2D eigenvalue weighted by molar-refractivity contribution is 6.33. The van der Waals surface area contributed by atoms with Crippen LogP contribution in [0, 0.1) is 6.92 Å². The van der Waals surface area contributed by atoms with Gasteiger partial charge in [-0.1, -0.05) is 30.3 Å². The maximum Gasteiger partial charge on any atom is 0.180 e. The molecule has 104 valence electrons. The van der Waals surface area contributed by atoms with Crippen LogP contribution < -0.4 is 4.74 Å². The van der Waals surface area contributed by atoms with Crippen molar-refractivity contribution in [3.05, 3.63) is 65.2 Å². The van der Waals surface area contributed by atoms with Gasteiger partial charge in [-0.15, -0.1) is 11.6 Å².